The van der Waals surface area contributed by atoms with E-state index in [1.54, 1.807) is 7.05 Å². The predicted molar refractivity (Wildman–Crippen MR) is 98.3 cm³/mol. The van der Waals surface area contributed by atoms with Gasteiger partial charge in [0, 0.05) is 19.2 Å². The molecule has 0 aliphatic rings. The normalized spacial score (nSPS) is 10.2. The Labute approximate surface area is 148 Å². The molecule has 0 atom stereocenters. The molecule has 0 aliphatic heterocycles. The summed E-state index contributed by atoms with van der Waals surface area (Å²) >= 11 is 0. The molecule has 2 rings (SSSR count). The minimum absolute atomic E-state index is 0.0303. The molecule has 5 heteroatoms. The van der Waals surface area contributed by atoms with E-state index in [4.69, 9.17) is 4.74 Å². The summed E-state index contributed by atoms with van der Waals surface area (Å²) < 4.78 is 5.71. The second kappa shape index (κ2) is 9.47. The number of amides is 2. The van der Waals surface area contributed by atoms with Gasteiger partial charge >= 0.3 is 0 Å². The molecule has 0 unspecified atom stereocenters. The lowest BCUT2D eigenvalue weighted by molar-refractivity contribution is -0.136. The third-order valence-corrected chi connectivity index (χ3v) is 3.70. The largest absolute Gasteiger partial charge is 0.483 e. The van der Waals surface area contributed by atoms with Gasteiger partial charge < -0.3 is 15.0 Å². The molecule has 0 heterocycles. The summed E-state index contributed by atoms with van der Waals surface area (Å²) in [5, 5.41) is 2.75. The van der Waals surface area contributed by atoms with Crippen molar-refractivity contribution in [2.75, 3.05) is 26.7 Å². The molecule has 132 valence electrons. The molecule has 5 nitrogen and oxygen atoms in total. The maximum atomic E-state index is 12.2. The second-order valence-electron chi connectivity index (χ2n) is 5.75. The van der Waals surface area contributed by atoms with Gasteiger partial charge in [-0.3, -0.25) is 9.59 Å². The lowest BCUT2D eigenvalue weighted by Crippen LogP contribution is -2.40. The maximum Gasteiger partial charge on any atom is 0.260 e. The monoisotopic (exact) mass is 340 g/mol. The molecule has 25 heavy (non-hydrogen) atoms. The van der Waals surface area contributed by atoms with Crippen molar-refractivity contribution in [3.05, 3.63) is 54.6 Å². The predicted octanol–water partition coefficient (Wildman–Crippen LogP) is 2.72. The fourth-order valence-corrected chi connectivity index (χ4v) is 2.32. The van der Waals surface area contributed by atoms with Crippen LogP contribution in [0.5, 0.6) is 5.75 Å². The number of hydrogen-bond donors (Lipinski definition) is 1. The van der Waals surface area contributed by atoms with Crippen LogP contribution in [-0.4, -0.2) is 43.5 Å². The van der Waals surface area contributed by atoms with E-state index >= 15 is 0 Å². The molecule has 0 bridgehead atoms. The van der Waals surface area contributed by atoms with Gasteiger partial charge in [-0.05, 0) is 18.1 Å². The number of para-hydroxylation sites is 1. The van der Waals surface area contributed by atoms with Gasteiger partial charge in [-0.15, -0.1) is 0 Å². The van der Waals surface area contributed by atoms with Gasteiger partial charge in [0.2, 0.25) is 5.91 Å². The number of nitrogens with zero attached hydrogens (tertiary/aromatic N) is 1. The van der Waals surface area contributed by atoms with E-state index in [0.29, 0.717) is 12.3 Å². The van der Waals surface area contributed by atoms with Crippen molar-refractivity contribution in [1.82, 2.24) is 10.2 Å². The number of hydrogen-bond acceptors (Lipinski definition) is 3. The van der Waals surface area contributed by atoms with Gasteiger partial charge in [0.05, 0.1) is 6.54 Å². The molecule has 2 aromatic rings. The van der Waals surface area contributed by atoms with Crippen LogP contribution in [0.25, 0.3) is 11.1 Å². The molecule has 0 spiro atoms. The van der Waals surface area contributed by atoms with Crippen LogP contribution in [0.3, 0.4) is 0 Å². The van der Waals surface area contributed by atoms with Crippen LogP contribution in [0.4, 0.5) is 0 Å². The summed E-state index contributed by atoms with van der Waals surface area (Å²) in [4.78, 5) is 25.2. The summed E-state index contributed by atoms with van der Waals surface area (Å²) in [7, 11) is 1.60. The summed E-state index contributed by atoms with van der Waals surface area (Å²) in [6, 6.07) is 17.5. The second-order valence-corrected chi connectivity index (χ2v) is 5.75. The van der Waals surface area contributed by atoms with Gasteiger partial charge in [0.1, 0.15) is 5.75 Å². The maximum absolute atomic E-state index is 12.2. The first-order valence-electron chi connectivity index (χ1n) is 8.39. The molecule has 2 aromatic carbocycles. The standard InChI is InChI=1S/C20H24N2O3/c1-3-13-21-19(23)14-22(2)20(24)15-25-18-12-8-7-11-17(18)16-9-5-4-6-10-16/h4-12H,3,13-15H2,1-2H3,(H,21,23). The van der Waals surface area contributed by atoms with Crippen LogP contribution in [0.15, 0.2) is 54.6 Å². The minimum Gasteiger partial charge on any atom is -0.483 e. The van der Waals surface area contributed by atoms with E-state index < -0.39 is 0 Å². The minimum atomic E-state index is -0.241. The smallest absolute Gasteiger partial charge is 0.260 e. The molecular weight excluding hydrogens is 316 g/mol. The summed E-state index contributed by atoms with van der Waals surface area (Å²) in [6.07, 6.45) is 0.864. The van der Waals surface area contributed by atoms with Gasteiger partial charge in [-0.2, -0.15) is 0 Å². The number of carbonyl (C=O) groups is 2. The fraction of sp³-hybridized carbons (Fsp3) is 0.300. The molecule has 1 N–H and O–H groups in total. The molecule has 0 fully saturated rings. The highest BCUT2D eigenvalue weighted by molar-refractivity contribution is 5.85. The van der Waals surface area contributed by atoms with Crippen molar-refractivity contribution in [3.63, 3.8) is 0 Å². The van der Waals surface area contributed by atoms with E-state index in [1.165, 1.54) is 4.90 Å². The van der Waals surface area contributed by atoms with E-state index in [0.717, 1.165) is 17.5 Å². The first kappa shape index (κ1) is 18.5. The molecule has 0 saturated heterocycles. The highest BCUT2D eigenvalue weighted by Gasteiger charge is 2.14. The van der Waals surface area contributed by atoms with Crippen molar-refractivity contribution < 1.29 is 14.3 Å². The Kier molecular flexibility index (Phi) is 7.01. The summed E-state index contributed by atoms with van der Waals surface area (Å²) in [5.74, 6) is 0.239. The van der Waals surface area contributed by atoms with Crippen LogP contribution in [0.1, 0.15) is 13.3 Å². The highest BCUT2D eigenvalue weighted by Crippen LogP contribution is 2.29. The third kappa shape index (κ3) is 5.64. The number of carbonyl (C=O) groups excluding carboxylic acids is 2. The number of benzene rings is 2. The molecule has 0 radical (unpaired) electrons. The lowest BCUT2D eigenvalue weighted by atomic mass is 10.1. The zero-order valence-corrected chi connectivity index (χ0v) is 14.7. The molecule has 0 saturated carbocycles. The van der Waals surface area contributed by atoms with E-state index in [9.17, 15) is 9.59 Å². The van der Waals surface area contributed by atoms with Crippen molar-refractivity contribution >= 4 is 11.8 Å². The van der Waals surface area contributed by atoms with Gasteiger partial charge in [0.25, 0.3) is 5.91 Å². The third-order valence-electron chi connectivity index (χ3n) is 3.70. The van der Waals surface area contributed by atoms with Crippen LogP contribution in [-0.2, 0) is 9.59 Å². The van der Waals surface area contributed by atoms with Gasteiger partial charge in [-0.25, -0.2) is 0 Å². The first-order chi connectivity index (χ1) is 12.1. The van der Waals surface area contributed by atoms with E-state index in [-0.39, 0.29) is 25.0 Å². The number of rotatable bonds is 8. The molecule has 2 amide bonds. The Bertz CT molecular complexity index is 701. The lowest BCUT2D eigenvalue weighted by Gasteiger charge is -2.18. The highest BCUT2D eigenvalue weighted by atomic mass is 16.5. The van der Waals surface area contributed by atoms with Crippen LogP contribution in [0, 0.1) is 0 Å². The fourth-order valence-electron chi connectivity index (χ4n) is 2.32. The van der Waals surface area contributed by atoms with Crippen molar-refractivity contribution in [1.29, 1.82) is 0 Å². The SMILES string of the molecule is CCCNC(=O)CN(C)C(=O)COc1ccccc1-c1ccccc1. The van der Waals surface area contributed by atoms with E-state index in [1.807, 2.05) is 61.5 Å². The quantitative estimate of drug-likeness (QED) is 0.804. The number of ether oxygens (including phenoxy) is 1. The number of nitrogens with one attached hydrogen (secondary N) is 1. The van der Waals surface area contributed by atoms with Crippen molar-refractivity contribution in [3.8, 4) is 16.9 Å². The molecule has 0 aliphatic carbocycles. The average Bonchev–Trinajstić information content (AvgIpc) is 2.65. The van der Waals surface area contributed by atoms with Crippen LogP contribution in [0.2, 0.25) is 0 Å². The summed E-state index contributed by atoms with van der Waals surface area (Å²) in [5.41, 5.74) is 1.96. The Morgan fingerprint density at radius 3 is 2.44 bits per heavy atom. The first-order valence-corrected chi connectivity index (χ1v) is 8.39. The molecular formula is C20H24N2O3. The van der Waals surface area contributed by atoms with Gasteiger partial charge in [0.15, 0.2) is 6.61 Å². The van der Waals surface area contributed by atoms with Crippen LogP contribution < -0.4 is 10.1 Å². The Morgan fingerprint density at radius 2 is 1.72 bits per heavy atom. The zero-order valence-electron chi connectivity index (χ0n) is 14.7. The zero-order chi connectivity index (χ0) is 18.1. The summed E-state index contributed by atoms with van der Waals surface area (Å²) in [6.45, 7) is 2.51. The Hall–Kier alpha value is -2.82. The number of likely N-dealkylation sites (N-methyl/N-ethyl adjacent to an activating group) is 1. The average molecular weight is 340 g/mol. The molecule has 0 aromatic heterocycles. The van der Waals surface area contributed by atoms with E-state index in [2.05, 4.69) is 5.32 Å². The Morgan fingerprint density at radius 1 is 1.04 bits per heavy atom. The van der Waals surface area contributed by atoms with Crippen molar-refractivity contribution in [2.45, 2.75) is 13.3 Å². The van der Waals surface area contributed by atoms with Crippen LogP contribution >= 0.6 is 0 Å². The van der Waals surface area contributed by atoms with Crippen molar-refractivity contribution in [2.24, 2.45) is 0 Å². The van der Waals surface area contributed by atoms with Gasteiger partial charge in [-0.1, -0.05) is 55.5 Å². The topological polar surface area (TPSA) is 58.6 Å². The Balaban J connectivity index is 1.95.